The van der Waals surface area contributed by atoms with Gasteiger partial charge in [-0.1, -0.05) is 0 Å². The predicted molar refractivity (Wildman–Crippen MR) is 82.0 cm³/mol. The molecule has 118 valence electrons. The summed E-state index contributed by atoms with van der Waals surface area (Å²) in [7, 11) is 1.51. The van der Waals surface area contributed by atoms with Crippen LogP contribution in [0.3, 0.4) is 0 Å². The van der Waals surface area contributed by atoms with Gasteiger partial charge in [0.2, 0.25) is 5.91 Å². The van der Waals surface area contributed by atoms with Crippen molar-refractivity contribution in [1.29, 1.82) is 0 Å². The Hall–Kier alpha value is -1.34. The molecular weight excluding hydrogens is 296 g/mol. The Morgan fingerprint density at radius 3 is 2.76 bits per heavy atom. The second-order valence-corrected chi connectivity index (χ2v) is 4.68. The fraction of sp³-hybridized carbons (Fsp3) is 0.500. The van der Waals surface area contributed by atoms with Gasteiger partial charge in [-0.15, -0.1) is 12.4 Å². The first-order valence-corrected chi connectivity index (χ1v) is 6.59. The molecule has 1 heterocycles. The maximum absolute atomic E-state index is 11.7. The lowest BCUT2D eigenvalue weighted by Gasteiger charge is -2.13. The number of anilines is 1. The van der Waals surface area contributed by atoms with Crippen LogP contribution < -0.4 is 15.8 Å². The Labute approximate surface area is 130 Å². The van der Waals surface area contributed by atoms with Crippen LogP contribution in [0.15, 0.2) is 24.3 Å². The summed E-state index contributed by atoms with van der Waals surface area (Å²) in [5, 5.41) is 2.72. The molecule has 0 radical (unpaired) electrons. The van der Waals surface area contributed by atoms with E-state index in [1.807, 2.05) is 12.1 Å². The predicted octanol–water partition coefficient (Wildman–Crippen LogP) is 1.19. The summed E-state index contributed by atoms with van der Waals surface area (Å²) in [6.07, 6.45) is 1.02. The van der Waals surface area contributed by atoms with Gasteiger partial charge in [-0.2, -0.15) is 0 Å². The maximum Gasteiger partial charge on any atom is 0.243 e. The molecule has 2 atom stereocenters. The summed E-state index contributed by atoms with van der Waals surface area (Å²) in [5.41, 5.74) is 6.32. The van der Waals surface area contributed by atoms with Crippen LogP contribution in [0.25, 0.3) is 0 Å². The number of halogens is 1. The van der Waals surface area contributed by atoms with Gasteiger partial charge in [0.15, 0.2) is 0 Å². The van der Waals surface area contributed by atoms with E-state index in [0.717, 1.165) is 18.8 Å². The number of nitrogens with one attached hydrogen (secondary N) is 1. The lowest BCUT2D eigenvalue weighted by Crippen LogP contribution is -2.39. The van der Waals surface area contributed by atoms with Crippen LogP contribution in [0, 0.1) is 0 Å². The molecule has 2 unspecified atom stereocenters. The van der Waals surface area contributed by atoms with Gasteiger partial charge >= 0.3 is 0 Å². The number of hydrogen-bond acceptors (Lipinski definition) is 5. The van der Waals surface area contributed by atoms with Crippen LogP contribution in [0.5, 0.6) is 5.75 Å². The maximum atomic E-state index is 11.7. The number of methoxy groups -OCH3 is 1. The molecule has 2 rings (SSSR count). The van der Waals surface area contributed by atoms with Gasteiger partial charge < -0.3 is 25.3 Å². The van der Waals surface area contributed by atoms with Gasteiger partial charge in [0.05, 0.1) is 19.8 Å². The molecule has 1 fully saturated rings. The minimum atomic E-state index is -0.674. The fourth-order valence-electron chi connectivity index (χ4n) is 1.91. The van der Waals surface area contributed by atoms with E-state index in [-0.39, 0.29) is 31.0 Å². The summed E-state index contributed by atoms with van der Waals surface area (Å²) >= 11 is 0. The van der Waals surface area contributed by atoms with E-state index in [9.17, 15) is 4.79 Å². The first-order valence-electron chi connectivity index (χ1n) is 6.59. The van der Waals surface area contributed by atoms with Gasteiger partial charge in [-0.25, -0.2) is 0 Å². The summed E-state index contributed by atoms with van der Waals surface area (Å²) in [5.74, 6) is 0.490. The van der Waals surface area contributed by atoms with Gasteiger partial charge in [-0.3, -0.25) is 4.79 Å². The Morgan fingerprint density at radius 1 is 1.48 bits per heavy atom. The Morgan fingerprint density at radius 2 is 2.19 bits per heavy atom. The minimum absolute atomic E-state index is 0. The highest BCUT2D eigenvalue weighted by Gasteiger charge is 2.17. The molecule has 1 aliphatic heterocycles. The lowest BCUT2D eigenvalue weighted by atomic mass is 10.2. The largest absolute Gasteiger partial charge is 0.488 e. The van der Waals surface area contributed by atoms with Crippen LogP contribution in [-0.2, 0) is 14.3 Å². The average molecular weight is 317 g/mol. The zero-order valence-electron chi connectivity index (χ0n) is 11.9. The van der Waals surface area contributed by atoms with E-state index in [1.165, 1.54) is 7.11 Å². The Bertz CT molecular complexity index is 435. The van der Waals surface area contributed by atoms with Crippen LogP contribution in [0.1, 0.15) is 6.42 Å². The van der Waals surface area contributed by atoms with Crippen molar-refractivity contribution in [2.24, 2.45) is 5.73 Å². The number of amides is 1. The number of benzene rings is 1. The second kappa shape index (κ2) is 8.84. The topological polar surface area (TPSA) is 82.8 Å². The average Bonchev–Trinajstić information content (AvgIpc) is 2.94. The van der Waals surface area contributed by atoms with Crippen molar-refractivity contribution in [3.8, 4) is 5.75 Å². The number of nitrogens with two attached hydrogens (primary N) is 1. The number of carbonyl (C=O) groups is 1. The molecule has 0 aliphatic carbocycles. The van der Waals surface area contributed by atoms with Gasteiger partial charge in [0.25, 0.3) is 0 Å². The molecule has 1 aromatic carbocycles. The van der Waals surface area contributed by atoms with E-state index < -0.39 is 6.04 Å². The third-order valence-corrected chi connectivity index (χ3v) is 3.00. The van der Waals surface area contributed by atoms with Crippen molar-refractivity contribution in [3.05, 3.63) is 24.3 Å². The molecule has 7 heteroatoms. The highest BCUT2D eigenvalue weighted by molar-refractivity contribution is 5.94. The van der Waals surface area contributed by atoms with Crippen LogP contribution in [0.2, 0.25) is 0 Å². The molecule has 1 amide bonds. The molecule has 0 spiro atoms. The molecule has 1 aliphatic rings. The first kappa shape index (κ1) is 17.7. The van der Waals surface area contributed by atoms with Gasteiger partial charge in [-0.05, 0) is 24.3 Å². The van der Waals surface area contributed by atoms with E-state index in [2.05, 4.69) is 5.32 Å². The smallest absolute Gasteiger partial charge is 0.243 e. The fourth-order valence-corrected chi connectivity index (χ4v) is 1.91. The third-order valence-electron chi connectivity index (χ3n) is 3.00. The van der Waals surface area contributed by atoms with Crippen molar-refractivity contribution in [3.63, 3.8) is 0 Å². The highest BCUT2D eigenvalue weighted by Crippen LogP contribution is 2.19. The normalized spacial score (nSPS) is 18.7. The quantitative estimate of drug-likeness (QED) is 0.823. The molecular formula is C14H21ClN2O4. The van der Waals surface area contributed by atoms with E-state index >= 15 is 0 Å². The molecule has 0 bridgehead atoms. The molecule has 1 saturated heterocycles. The molecule has 21 heavy (non-hydrogen) atoms. The zero-order chi connectivity index (χ0) is 14.4. The molecule has 3 N–H and O–H groups in total. The lowest BCUT2D eigenvalue weighted by molar-refractivity contribution is -0.118. The number of rotatable bonds is 6. The van der Waals surface area contributed by atoms with Crippen LogP contribution >= 0.6 is 12.4 Å². The van der Waals surface area contributed by atoms with Gasteiger partial charge in [0, 0.05) is 19.2 Å². The van der Waals surface area contributed by atoms with Crippen molar-refractivity contribution in [2.75, 3.05) is 32.2 Å². The third kappa shape index (κ3) is 5.51. The van der Waals surface area contributed by atoms with Crippen LogP contribution in [0.4, 0.5) is 5.69 Å². The second-order valence-electron chi connectivity index (χ2n) is 4.68. The SMILES string of the molecule is COCC(N)C(=O)Nc1ccc(OC2CCOC2)cc1.Cl. The monoisotopic (exact) mass is 316 g/mol. The molecule has 0 saturated carbocycles. The summed E-state index contributed by atoms with van der Waals surface area (Å²) in [4.78, 5) is 11.7. The molecule has 0 aromatic heterocycles. The van der Waals surface area contributed by atoms with E-state index in [4.69, 9.17) is 19.9 Å². The number of ether oxygens (including phenoxy) is 3. The van der Waals surface area contributed by atoms with Gasteiger partial charge in [0.1, 0.15) is 17.9 Å². The van der Waals surface area contributed by atoms with E-state index in [1.54, 1.807) is 12.1 Å². The van der Waals surface area contributed by atoms with Crippen molar-refractivity contribution in [1.82, 2.24) is 0 Å². The Balaban J connectivity index is 0.00000220. The van der Waals surface area contributed by atoms with Crippen molar-refractivity contribution >= 4 is 24.0 Å². The zero-order valence-corrected chi connectivity index (χ0v) is 12.7. The van der Waals surface area contributed by atoms with Crippen LogP contribution in [-0.4, -0.2) is 45.0 Å². The highest BCUT2D eigenvalue weighted by atomic mass is 35.5. The van der Waals surface area contributed by atoms with Crippen molar-refractivity contribution < 1.29 is 19.0 Å². The summed E-state index contributed by atoms with van der Waals surface area (Å²) < 4.78 is 15.8. The molecule has 1 aromatic rings. The number of carbonyl (C=O) groups excluding carboxylic acids is 1. The minimum Gasteiger partial charge on any atom is -0.488 e. The first-order chi connectivity index (χ1) is 9.69. The van der Waals surface area contributed by atoms with E-state index in [0.29, 0.717) is 12.3 Å². The number of hydrogen-bond donors (Lipinski definition) is 2. The summed E-state index contributed by atoms with van der Waals surface area (Å²) in [6.45, 7) is 1.56. The summed E-state index contributed by atoms with van der Waals surface area (Å²) in [6, 6.07) is 6.52. The standard InChI is InChI=1S/C14H20N2O4.ClH/c1-18-9-13(15)14(17)16-10-2-4-11(5-3-10)20-12-6-7-19-8-12;/h2-5,12-13H,6-9,15H2,1H3,(H,16,17);1H. The van der Waals surface area contributed by atoms with Crippen molar-refractivity contribution in [2.45, 2.75) is 18.6 Å². The molecule has 6 nitrogen and oxygen atoms in total. The Kier molecular flexibility index (Phi) is 7.45.